The highest BCUT2D eigenvalue weighted by Crippen LogP contribution is 2.29. The van der Waals surface area contributed by atoms with Crippen LogP contribution in [0.25, 0.3) is 0 Å². The lowest BCUT2D eigenvalue weighted by Gasteiger charge is -2.25. The van der Waals surface area contributed by atoms with Crippen LogP contribution in [0.2, 0.25) is 0 Å². The fourth-order valence-corrected chi connectivity index (χ4v) is 2.63. The zero-order valence-corrected chi connectivity index (χ0v) is 12.7. The van der Waals surface area contributed by atoms with E-state index >= 15 is 0 Å². The Bertz CT molecular complexity index is 634. The average Bonchev–Trinajstić information content (AvgIpc) is 3.28. The third kappa shape index (κ3) is 3.54. The highest BCUT2D eigenvalue weighted by Gasteiger charge is 2.34. The van der Waals surface area contributed by atoms with Crippen molar-refractivity contribution in [3.8, 4) is 0 Å². The molecular formula is C17H21N3O2. The summed E-state index contributed by atoms with van der Waals surface area (Å²) in [5.41, 5.74) is 2.55. The van der Waals surface area contributed by atoms with Gasteiger partial charge >= 0.3 is 0 Å². The minimum absolute atomic E-state index is 0.0315. The van der Waals surface area contributed by atoms with E-state index in [1.54, 1.807) is 0 Å². The molecule has 1 heterocycles. The molecule has 116 valence electrons. The minimum atomic E-state index is -0.647. The van der Waals surface area contributed by atoms with Crippen LogP contribution in [0.1, 0.15) is 35.9 Å². The molecule has 1 aliphatic carbocycles. The van der Waals surface area contributed by atoms with Gasteiger partial charge in [-0.2, -0.15) is 5.10 Å². The fourth-order valence-electron chi connectivity index (χ4n) is 2.63. The number of aliphatic hydroxyl groups excluding tert-OH is 1. The van der Waals surface area contributed by atoms with Crippen LogP contribution in [0, 0.1) is 6.92 Å². The minimum Gasteiger partial charge on any atom is -0.387 e. The summed E-state index contributed by atoms with van der Waals surface area (Å²) in [5.74, 6) is 0.0315. The second-order valence-corrected chi connectivity index (χ2v) is 5.92. The molecule has 5 nitrogen and oxygen atoms in total. The van der Waals surface area contributed by atoms with Crippen LogP contribution >= 0.6 is 0 Å². The first-order valence-corrected chi connectivity index (χ1v) is 7.67. The van der Waals surface area contributed by atoms with Crippen LogP contribution < -0.4 is 0 Å². The summed E-state index contributed by atoms with van der Waals surface area (Å²) < 4.78 is 0. The Morgan fingerprint density at radius 3 is 2.73 bits per heavy atom. The summed E-state index contributed by atoms with van der Waals surface area (Å²) >= 11 is 0. The number of aromatic nitrogens is 2. The number of rotatable bonds is 6. The van der Waals surface area contributed by atoms with Crippen LogP contribution in [0.15, 0.2) is 36.4 Å². The number of nitrogens with zero attached hydrogens (tertiary/aromatic N) is 2. The lowest BCUT2D eigenvalue weighted by molar-refractivity contribution is -0.132. The van der Waals surface area contributed by atoms with Gasteiger partial charge < -0.3 is 10.0 Å². The van der Waals surface area contributed by atoms with Crippen molar-refractivity contribution in [3.05, 3.63) is 53.3 Å². The zero-order chi connectivity index (χ0) is 15.5. The van der Waals surface area contributed by atoms with Gasteiger partial charge in [-0.25, -0.2) is 0 Å². The van der Waals surface area contributed by atoms with Crippen LogP contribution in [0.5, 0.6) is 0 Å². The Labute approximate surface area is 130 Å². The molecule has 0 saturated heterocycles. The number of nitrogens with one attached hydrogen (secondary N) is 1. The maximum atomic E-state index is 12.5. The van der Waals surface area contributed by atoms with Crippen molar-refractivity contribution in [1.29, 1.82) is 0 Å². The molecule has 3 rings (SSSR count). The van der Waals surface area contributed by atoms with Gasteiger partial charge in [0.15, 0.2) is 0 Å². The van der Waals surface area contributed by atoms with Crippen molar-refractivity contribution in [3.63, 3.8) is 0 Å². The average molecular weight is 299 g/mol. The predicted octanol–water partition coefficient (Wildman–Crippen LogP) is 1.99. The van der Waals surface area contributed by atoms with Crippen LogP contribution in [0.4, 0.5) is 0 Å². The van der Waals surface area contributed by atoms with Crippen molar-refractivity contribution in [2.45, 2.75) is 38.3 Å². The molecule has 1 fully saturated rings. The van der Waals surface area contributed by atoms with Crippen molar-refractivity contribution >= 4 is 5.91 Å². The molecule has 1 aromatic heterocycles. The summed E-state index contributed by atoms with van der Waals surface area (Å²) in [6.45, 7) is 2.26. The highest BCUT2D eigenvalue weighted by molar-refractivity contribution is 5.79. The molecular weight excluding hydrogens is 278 g/mol. The third-order valence-electron chi connectivity index (χ3n) is 3.95. The van der Waals surface area contributed by atoms with Crippen molar-refractivity contribution in [1.82, 2.24) is 15.1 Å². The molecule has 2 N–H and O–H groups in total. The maximum absolute atomic E-state index is 12.5. The zero-order valence-electron chi connectivity index (χ0n) is 12.7. The van der Waals surface area contributed by atoms with Gasteiger partial charge in [-0.05, 0) is 31.4 Å². The van der Waals surface area contributed by atoms with E-state index in [1.807, 2.05) is 48.2 Å². The van der Waals surface area contributed by atoms with Gasteiger partial charge in [0.2, 0.25) is 5.91 Å². The number of carbonyl (C=O) groups excluding carboxylic acids is 1. The largest absolute Gasteiger partial charge is 0.387 e. The van der Waals surface area contributed by atoms with E-state index in [2.05, 4.69) is 10.2 Å². The molecule has 1 amide bonds. The first-order chi connectivity index (χ1) is 10.6. The van der Waals surface area contributed by atoms with E-state index in [9.17, 15) is 9.90 Å². The molecule has 0 aliphatic heterocycles. The van der Waals surface area contributed by atoms with Crippen LogP contribution in [-0.2, 0) is 11.2 Å². The summed E-state index contributed by atoms with van der Waals surface area (Å²) in [6.07, 6.45) is 1.67. The highest BCUT2D eigenvalue weighted by atomic mass is 16.3. The van der Waals surface area contributed by atoms with Crippen LogP contribution in [-0.4, -0.2) is 38.7 Å². The molecule has 22 heavy (non-hydrogen) atoms. The van der Waals surface area contributed by atoms with E-state index in [-0.39, 0.29) is 18.4 Å². The Kier molecular flexibility index (Phi) is 4.24. The Balaban J connectivity index is 1.66. The summed E-state index contributed by atoms with van der Waals surface area (Å²) in [7, 11) is 0. The molecule has 1 atom stereocenters. The number of H-pyrrole nitrogens is 1. The van der Waals surface area contributed by atoms with Gasteiger partial charge in [-0.15, -0.1) is 0 Å². The molecule has 2 aromatic rings. The number of carbonyl (C=O) groups is 1. The van der Waals surface area contributed by atoms with Crippen molar-refractivity contribution in [2.75, 3.05) is 6.54 Å². The number of aryl methyl sites for hydroxylation is 1. The number of aromatic amines is 1. The Morgan fingerprint density at radius 1 is 1.41 bits per heavy atom. The molecule has 1 aliphatic rings. The summed E-state index contributed by atoms with van der Waals surface area (Å²) in [4.78, 5) is 14.3. The van der Waals surface area contributed by atoms with Gasteiger partial charge in [0.25, 0.3) is 0 Å². The number of benzene rings is 1. The van der Waals surface area contributed by atoms with Gasteiger partial charge in [0, 0.05) is 11.7 Å². The molecule has 0 bridgehead atoms. The SMILES string of the molecule is Cc1cc(CC(=O)N(CC(O)c2ccccc2)C2CC2)n[nH]1. The van der Waals surface area contributed by atoms with E-state index < -0.39 is 6.10 Å². The van der Waals surface area contributed by atoms with Gasteiger partial charge in [-0.3, -0.25) is 9.89 Å². The van der Waals surface area contributed by atoms with Crippen molar-refractivity contribution in [2.24, 2.45) is 0 Å². The van der Waals surface area contributed by atoms with Crippen molar-refractivity contribution < 1.29 is 9.90 Å². The fraction of sp³-hybridized carbons (Fsp3) is 0.412. The normalized spacial score (nSPS) is 15.5. The number of amides is 1. The van der Waals surface area contributed by atoms with E-state index in [1.165, 1.54) is 0 Å². The standard InChI is InChI=1S/C17H21N3O2/c1-12-9-14(19-18-12)10-17(22)20(15-7-8-15)11-16(21)13-5-3-2-4-6-13/h2-6,9,15-16,21H,7-8,10-11H2,1H3,(H,18,19). The first kappa shape index (κ1) is 14.8. The summed E-state index contributed by atoms with van der Waals surface area (Å²) in [5, 5.41) is 17.3. The van der Waals surface area contributed by atoms with Gasteiger partial charge in [-0.1, -0.05) is 30.3 Å². The van der Waals surface area contributed by atoms with Gasteiger partial charge in [0.1, 0.15) is 0 Å². The Morgan fingerprint density at radius 2 is 2.14 bits per heavy atom. The smallest absolute Gasteiger partial charge is 0.229 e. The molecule has 1 unspecified atom stereocenters. The lowest BCUT2D eigenvalue weighted by Crippen LogP contribution is -2.37. The van der Waals surface area contributed by atoms with Crippen LogP contribution in [0.3, 0.4) is 0 Å². The third-order valence-corrected chi connectivity index (χ3v) is 3.95. The topological polar surface area (TPSA) is 69.2 Å². The quantitative estimate of drug-likeness (QED) is 0.857. The van der Waals surface area contributed by atoms with E-state index in [4.69, 9.17) is 0 Å². The van der Waals surface area contributed by atoms with Gasteiger partial charge in [0.05, 0.1) is 24.8 Å². The molecule has 1 saturated carbocycles. The van der Waals surface area contributed by atoms with E-state index in [0.717, 1.165) is 29.8 Å². The maximum Gasteiger partial charge on any atom is 0.229 e. The first-order valence-electron chi connectivity index (χ1n) is 7.67. The molecule has 0 spiro atoms. The summed E-state index contributed by atoms with van der Waals surface area (Å²) in [6, 6.07) is 11.6. The molecule has 0 radical (unpaired) electrons. The second kappa shape index (κ2) is 6.32. The number of aliphatic hydroxyl groups is 1. The van der Waals surface area contributed by atoms with E-state index in [0.29, 0.717) is 6.54 Å². The lowest BCUT2D eigenvalue weighted by atomic mass is 10.1. The monoisotopic (exact) mass is 299 g/mol. The second-order valence-electron chi connectivity index (χ2n) is 5.92. The molecule has 5 heteroatoms. The number of hydrogen-bond acceptors (Lipinski definition) is 3. The number of hydrogen-bond donors (Lipinski definition) is 2. The predicted molar refractivity (Wildman–Crippen MR) is 83.2 cm³/mol. The molecule has 1 aromatic carbocycles. The Hall–Kier alpha value is -2.14.